The lowest BCUT2D eigenvalue weighted by Crippen LogP contribution is -2.53. The van der Waals surface area contributed by atoms with Crippen molar-refractivity contribution in [3.05, 3.63) is 70.5 Å². The summed E-state index contributed by atoms with van der Waals surface area (Å²) in [7, 11) is 0. The lowest BCUT2D eigenvalue weighted by molar-refractivity contribution is 0.0178. The van der Waals surface area contributed by atoms with Crippen LogP contribution in [0.5, 0.6) is 5.75 Å². The Morgan fingerprint density at radius 2 is 1.88 bits per heavy atom. The van der Waals surface area contributed by atoms with Crippen molar-refractivity contribution in [1.82, 2.24) is 9.80 Å². The quantitative estimate of drug-likeness (QED) is 0.484. The van der Waals surface area contributed by atoms with Gasteiger partial charge in [-0.2, -0.15) is 0 Å². The molecule has 0 saturated carbocycles. The molecule has 182 valence electrons. The van der Waals surface area contributed by atoms with Crippen LogP contribution in [0.1, 0.15) is 63.3 Å². The second-order valence-corrected chi connectivity index (χ2v) is 10.9. The Bertz CT molecular complexity index is 1080. The highest BCUT2D eigenvalue weighted by Gasteiger charge is 2.41. The second-order valence-electron chi connectivity index (χ2n) is 10.9. The summed E-state index contributed by atoms with van der Waals surface area (Å²) in [6.45, 7) is 10.6. The lowest BCUT2D eigenvalue weighted by Gasteiger charge is -2.44. The molecular formula is C29H36F2N2O. The number of hydrogen-bond donors (Lipinski definition) is 0. The van der Waals surface area contributed by atoms with E-state index in [0.717, 1.165) is 44.5 Å². The summed E-state index contributed by atoms with van der Waals surface area (Å²) in [4.78, 5) is 4.55. The molecule has 1 aliphatic carbocycles. The van der Waals surface area contributed by atoms with Crippen LogP contribution in [0.3, 0.4) is 0 Å². The molecule has 3 aliphatic rings. The molecule has 2 aromatic carbocycles. The molecule has 0 bridgehead atoms. The number of halogens is 2. The van der Waals surface area contributed by atoms with Gasteiger partial charge in [-0.3, -0.25) is 9.80 Å². The van der Waals surface area contributed by atoms with Gasteiger partial charge in [0.05, 0.1) is 6.04 Å². The Morgan fingerprint density at radius 3 is 2.59 bits per heavy atom. The molecule has 2 aromatic rings. The Morgan fingerprint density at radius 1 is 1.12 bits per heavy atom. The monoisotopic (exact) mass is 466 g/mol. The molecule has 2 aliphatic heterocycles. The van der Waals surface area contributed by atoms with Crippen molar-refractivity contribution < 1.29 is 13.5 Å². The van der Waals surface area contributed by atoms with Gasteiger partial charge in [0.25, 0.3) is 0 Å². The van der Waals surface area contributed by atoms with Gasteiger partial charge in [-0.05, 0) is 86.5 Å². The van der Waals surface area contributed by atoms with Gasteiger partial charge in [-0.15, -0.1) is 0 Å². The summed E-state index contributed by atoms with van der Waals surface area (Å²) in [6.07, 6.45) is 2.88. The molecule has 2 atom stereocenters. The standard InChI is InChI=1S/C29H36F2N2O/c1-5-12-32-16-22(17-32)34-27-11-10-21(15-26(27)30)28-25-14-20-8-6-7-9-23(20)24(25)13-19(2)33(28)18-29(3,4)31/h6-11,15,19,22,28H,5,12-14,16-18H2,1-4H3/t19-,28-/m1/s1. The summed E-state index contributed by atoms with van der Waals surface area (Å²) in [5.41, 5.74) is 4.79. The molecule has 0 amide bonds. The average molecular weight is 467 g/mol. The van der Waals surface area contributed by atoms with Gasteiger partial charge in [-0.1, -0.05) is 37.3 Å². The van der Waals surface area contributed by atoms with Gasteiger partial charge < -0.3 is 4.74 Å². The van der Waals surface area contributed by atoms with Crippen molar-refractivity contribution >= 4 is 5.57 Å². The number of fused-ring (bicyclic) bond motifs is 2. The molecule has 0 spiro atoms. The fourth-order valence-corrected chi connectivity index (χ4v) is 5.96. The largest absolute Gasteiger partial charge is 0.485 e. The molecule has 0 aromatic heterocycles. The van der Waals surface area contributed by atoms with Crippen molar-refractivity contribution in [3.63, 3.8) is 0 Å². The molecule has 34 heavy (non-hydrogen) atoms. The summed E-state index contributed by atoms with van der Waals surface area (Å²) in [5.74, 6) is -0.0168. The van der Waals surface area contributed by atoms with E-state index in [1.165, 1.54) is 22.3 Å². The third-order valence-electron chi connectivity index (χ3n) is 7.43. The molecule has 5 rings (SSSR count). The van der Waals surface area contributed by atoms with Crippen LogP contribution in [0.2, 0.25) is 0 Å². The van der Waals surface area contributed by atoms with Gasteiger partial charge in [0, 0.05) is 25.7 Å². The summed E-state index contributed by atoms with van der Waals surface area (Å²) >= 11 is 0. The molecule has 3 nitrogen and oxygen atoms in total. The zero-order chi connectivity index (χ0) is 24.0. The van der Waals surface area contributed by atoms with Crippen molar-refractivity contribution in [1.29, 1.82) is 0 Å². The smallest absolute Gasteiger partial charge is 0.165 e. The Hall–Kier alpha value is -2.24. The van der Waals surface area contributed by atoms with Gasteiger partial charge in [0.2, 0.25) is 0 Å². The normalized spacial score (nSPS) is 23.6. The minimum absolute atomic E-state index is 0.0454. The first-order valence-electron chi connectivity index (χ1n) is 12.7. The molecular weight excluding hydrogens is 430 g/mol. The highest BCUT2D eigenvalue weighted by Crippen LogP contribution is 2.49. The topological polar surface area (TPSA) is 15.7 Å². The maximum absolute atomic E-state index is 15.3. The molecule has 0 N–H and O–H groups in total. The molecule has 1 fully saturated rings. The third kappa shape index (κ3) is 4.52. The van der Waals surface area contributed by atoms with Crippen LogP contribution in [-0.2, 0) is 6.42 Å². The molecule has 1 saturated heterocycles. The van der Waals surface area contributed by atoms with Crippen LogP contribution in [0.15, 0.2) is 48.0 Å². The zero-order valence-corrected chi connectivity index (χ0v) is 20.8. The number of ether oxygens (including phenoxy) is 1. The number of nitrogens with zero attached hydrogens (tertiary/aromatic N) is 2. The number of likely N-dealkylation sites (tertiary alicyclic amines) is 1. The van der Waals surface area contributed by atoms with Crippen LogP contribution >= 0.6 is 0 Å². The fraction of sp³-hybridized carbons (Fsp3) is 0.517. The summed E-state index contributed by atoms with van der Waals surface area (Å²) in [6, 6.07) is 13.9. The van der Waals surface area contributed by atoms with E-state index < -0.39 is 5.67 Å². The summed E-state index contributed by atoms with van der Waals surface area (Å²) < 4.78 is 36.2. The van der Waals surface area contributed by atoms with Gasteiger partial charge >= 0.3 is 0 Å². The van der Waals surface area contributed by atoms with Crippen molar-refractivity contribution in [2.24, 2.45) is 0 Å². The maximum atomic E-state index is 15.3. The predicted molar refractivity (Wildman–Crippen MR) is 133 cm³/mol. The lowest BCUT2D eigenvalue weighted by atomic mass is 9.84. The van der Waals surface area contributed by atoms with Crippen LogP contribution in [-0.4, -0.2) is 53.8 Å². The zero-order valence-electron chi connectivity index (χ0n) is 20.8. The number of rotatable bonds is 7. The van der Waals surface area contributed by atoms with Crippen molar-refractivity contribution in [2.75, 3.05) is 26.2 Å². The highest BCUT2D eigenvalue weighted by molar-refractivity contribution is 5.79. The third-order valence-corrected chi connectivity index (χ3v) is 7.43. The van der Waals surface area contributed by atoms with Crippen LogP contribution in [0, 0.1) is 5.82 Å². The van der Waals surface area contributed by atoms with Crippen molar-refractivity contribution in [3.8, 4) is 5.75 Å². The molecule has 0 radical (unpaired) electrons. The Balaban J connectivity index is 1.45. The maximum Gasteiger partial charge on any atom is 0.165 e. The van der Waals surface area contributed by atoms with E-state index in [2.05, 4.69) is 47.9 Å². The molecule has 0 unspecified atom stereocenters. The minimum atomic E-state index is -1.34. The first kappa shape index (κ1) is 23.5. The van der Waals surface area contributed by atoms with Crippen LogP contribution in [0.25, 0.3) is 5.57 Å². The Kier molecular flexibility index (Phi) is 6.28. The molecule has 2 heterocycles. The van der Waals surface area contributed by atoms with E-state index in [4.69, 9.17) is 4.74 Å². The number of hydrogen-bond acceptors (Lipinski definition) is 3. The highest BCUT2D eigenvalue weighted by atomic mass is 19.1. The fourth-order valence-electron chi connectivity index (χ4n) is 5.96. The van der Waals surface area contributed by atoms with E-state index >= 15 is 4.39 Å². The van der Waals surface area contributed by atoms with E-state index in [9.17, 15) is 4.39 Å². The van der Waals surface area contributed by atoms with E-state index in [-0.39, 0.29) is 24.0 Å². The van der Waals surface area contributed by atoms with Gasteiger partial charge in [-0.25, -0.2) is 8.78 Å². The average Bonchev–Trinajstić information content (AvgIpc) is 3.11. The second kappa shape index (κ2) is 9.09. The first-order valence-corrected chi connectivity index (χ1v) is 12.7. The van der Waals surface area contributed by atoms with Crippen LogP contribution in [0.4, 0.5) is 8.78 Å². The molecule has 5 heteroatoms. The van der Waals surface area contributed by atoms with Crippen LogP contribution < -0.4 is 4.74 Å². The van der Waals surface area contributed by atoms with E-state index in [1.807, 2.05) is 6.07 Å². The SMILES string of the molecule is CCCN1CC(Oc2ccc([C@@H]3C4=C(C[C@@H](C)N3CC(C)(C)F)c3ccccc3C4)cc2F)C1. The number of alkyl halides is 1. The summed E-state index contributed by atoms with van der Waals surface area (Å²) in [5, 5.41) is 0. The van der Waals surface area contributed by atoms with Crippen molar-refractivity contribution in [2.45, 2.75) is 70.8 Å². The van der Waals surface area contributed by atoms with Gasteiger partial charge in [0.15, 0.2) is 11.6 Å². The minimum Gasteiger partial charge on any atom is -0.485 e. The van der Waals surface area contributed by atoms with E-state index in [1.54, 1.807) is 26.0 Å². The predicted octanol–water partition coefficient (Wildman–Crippen LogP) is 6.19. The number of benzene rings is 2. The Labute approximate surface area is 202 Å². The first-order chi connectivity index (χ1) is 16.2. The van der Waals surface area contributed by atoms with E-state index in [0.29, 0.717) is 12.3 Å². The van der Waals surface area contributed by atoms with Gasteiger partial charge in [0.1, 0.15) is 11.8 Å².